The third-order valence-corrected chi connectivity index (χ3v) is 14.1. The van der Waals surface area contributed by atoms with E-state index in [1.165, 1.54) is 0 Å². The molecular weight excluding hydrogens is 321 g/mol. The third kappa shape index (κ3) is 3.00. The van der Waals surface area contributed by atoms with E-state index in [0.29, 0.717) is 21.6 Å². The van der Waals surface area contributed by atoms with Crippen LogP contribution in [-0.2, 0) is 0 Å². The average molecular weight is 341 g/mol. The summed E-state index contributed by atoms with van der Waals surface area (Å²) in [6.07, 6.45) is 0. The Morgan fingerprint density at radius 1 is 0.714 bits per heavy atom. The zero-order valence-electron chi connectivity index (χ0n) is 12.5. The standard InChI is InChI=1S/C18H20GeO2/c1-3-19(4-2,17(20)15-11-7-5-8-12-15)18(21)16-13-9-6-10-14-16/h5-14H,3-4H2,1-2H3. The molecule has 0 bridgehead atoms. The van der Waals surface area contributed by atoms with Gasteiger partial charge in [-0.15, -0.1) is 0 Å². The minimum atomic E-state index is -3.32. The Hall–Kier alpha value is -1.68. The van der Waals surface area contributed by atoms with Crippen molar-refractivity contribution in [2.75, 3.05) is 0 Å². The first-order chi connectivity index (χ1) is 10.2. The van der Waals surface area contributed by atoms with Gasteiger partial charge in [0.1, 0.15) is 0 Å². The fourth-order valence-corrected chi connectivity index (χ4v) is 9.92. The van der Waals surface area contributed by atoms with E-state index in [2.05, 4.69) is 0 Å². The van der Waals surface area contributed by atoms with Gasteiger partial charge in [-0.3, -0.25) is 0 Å². The van der Waals surface area contributed by atoms with Crippen LogP contribution in [0.2, 0.25) is 10.5 Å². The normalized spacial score (nSPS) is 11.1. The molecule has 3 heteroatoms. The number of carbonyl (C=O) groups excluding carboxylic acids is 2. The molecule has 0 atom stereocenters. The molecule has 21 heavy (non-hydrogen) atoms. The molecule has 0 aliphatic heterocycles. The summed E-state index contributed by atoms with van der Waals surface area (Å²) in [6.45, 7) is 3.98. The van der Waals surface area contributed by atoms with Crippen LogP contribution in [0, 0.1) is 0 Å². The second kappa shape index (κ2) is 6.85. The van der Waals surface area contributed by atoms with Crippen molar-refractivity contribution >= 4 is 22.5 Å². The Labute approximate surface area is 128 Å². The van der Waals surface area contributed by atoms with E-state index in [1.54, 1.807) is 0 Å². The molecule has 0 aromatic heterocycles. The van der Waals surface area contributed by atoms with Crippen LogP contribution in [0.1, 0.15) is 34.6 Å². The van der Waals surface area contributed by atoms with Crippen molar-refractivity contribution in [2.45, 2.75) is 24.4 Å². The third-order valence-electron chi connectivity index (χ3n) is 4.15. The first-order valence-corrected chi connectivity index (χ1v) is 12.4. The van der Waals surface area contributed by atoms with Gasteiger partial charge < -0.3 is 0 Å². The molecule has 0 spiro atoms. The predicted molar refractivity (Wildman–Crippen MR) is 88.3 cm³/mol. The van der Waals surface area contributed by atoms with Crippen molar-refractivity contribution in [1.82, 2.24) is 0 Å². The van der Waals surface area contributed by atoms with Gasteiger partial charge in [0.05, 0.1) is 0 Å². The monoisotopic (exact) mass is 342 g/mol. The van der Waals surface area contributed by atoms with Crippen LogP contribution in [0.5, 0.6) is 0 Å². The van der Waals surface area contributed by atoms with Crippen LogP contribution in [0.3, 0.4) is 0 Å². The van der Waals surface area contributed by atoms with Crippen LogP contribution < -0.4 is 0 Å². The molecule has 2 aromatic carbocycles. The van der Waals surface area contributed by atoms with Gasteiger partial charge in [-0.05, 0) is 0 Å². The van der Waals surface area contributed by atoms with Crippen molar-refractivity contribution in [3.63, 3.8) is 0 Å². The Morgan fingerprint density at radius 2 is 1.05 bits per heavy atom. The molecule has 0 saturated heterocycles. The SMILES string of the molecule is C[CH2][Ge]([CH2]C)([C](=O)c1ccccc1)[C](=O)c1ccccc1. The average Bonchev–Trinajstić information content (AvgIpc) is 2.57. The summed E-state index contributed by atoms with van der Waals surface area (Å²) in [7, 11) is 0. The predicted octanol–water partition coefficient (Wildman–Crippen LogP) is 4.32. The van der Waals surface area contributed by atoms with E-state index in [4.69, 9.17) is 0 Å². The molecule has 0 aliphatic rings. The van der Waals surface area contributed by atoms with Gasteiger partial charge in [-0.2, -0.15) is 0 Å². The maximum atomic E-state index is 13.0. The summed E-state index contributed by atoms with van der Waals surface area (Å²) in [5.74, 6) is 0. The first kappa shape index (κ1) is 15.7. The molecule has 108 valence electrons. The van der Waals surface area contributed by atoms with Gasteiger partial charge in [-0.25, -0.2) is 0 Å². The summed E-state index contributed by atoms with van der Waals surface area (Å²) < 4.78 is 0.212. The zero-order chi connectivity index (χ0) is 15.3. The zero-order valence-corrected chi connectivity index (χ0v) is 14.6. The molecular formula is C18H20GeO2. The molecule has 2 nitrogen and oxygen atoms in total. The Kier molecular flexibility index (Phi) is 5.13. The van der Waals surface area contributed by atoms with E-state index >= 15 is 0 Å². The second-order valence-electron chi connectivity index (χ2n) is 5.18. The van der Waals surface area contributed by atoms with Gasteiger partial charge in [0.15, 0.2) is 0 Å². The van der Waals surface area contributed by atoms with Crippen LogP contribution in [0.25, 0.3) is 0 Å². The Bertz CT molecular complexity index is 563. The van der Waals surface area contributed by atoms with Crippen LogP contribution in [0.4, 0.5) is 0 Å². The van der Waals surface area contributed by atoms with Crippen LogP contribution in [-0.4, -0.2) is 22.5 Å². The molecule has 0 radical (unpaired) electrons. The summed E-state index contributed by atoms with van der Waals surface area (Å²) in [4.78, 5) is 26.0. The number of benzene rings is 2. The van der Waals surface area contributed by atoms with Gasteiger partial charge in [0, 0.05) is 0 Å². The van der Waals surface area contributed by atoms with Crippen molar-refractivity contribution in [2.24, 2.45) is 0 Å². The summed E-state index contributed by atoms with van der Waals surface area (Å²) >= 11 is -3.32. The molecule has 0 heterocycles. The fourth-order valence-electron chi connectivity index (χ4n) is 2.73. The van der Waals surface area contributed by atoms with E-state index < -0.39 is 13.3 Å². The molecule has 2 aromatic rings. The Morgan fingerprint density at radius 3 is 1.33 bits per heavy atom. The number of rotatable bonds is 6. The maximum absolute atomic E-state index is 13.0. The van der Waals surface area contributed by atoms with E-state index in [0.717, 1.165) is 0 Å². The number of hydrogen-bond acceptors (Lipinski definition) is 2. The van der Waals surface area contributed by atoms with Crippen molar-refractivity contribution in [3.8, 4) is 0 Å². The molecule has 0 aliphatic carbocycles. The van der Waals surface area contributed by atoms with Gasteiger partial charge in [0.2, 0.25) is 0 Å². The van der Waals surface area contributed by atoms with Crippen molar-refractivity contribution in [3.05, 3.63) is 71.8 Å². The fraction of sp³-hybridized carbons (Fsp3) is 0.222. The quantitative estimate of drug-likeness (QED) is 0.734. The topological polar surface area (TPSA) is 34.1 Å². The molecule has 0 amide bonds. The second-order valence-corrected chi connectivity index (χ2v) is 14.6. The molecule has 0 saturated carbocycles. The van der Waals surface area contributed by atoms with Crippen LogP contribution >= 0.6 is 0 Å². The molecule has 0 unspecified atom stereocenters. The summed E-state index contributed by atoms with van der Waals surface area (Å²) in [5.41, 5.74) is 1.37. The van der Waals surface area contributed by atoms with Crippen LogP contribution in [0.15, 0.2) is 60.7 Å². The van der Waals surface area contributed by atoms with Gasteiger partial charge >= 0.3 is 128 Å². The van der Waals surface area contributed by atoms with Crippen molar-refractivity contribution < 1.29 is 9.59 Å². The number of carbonyl (C=O) groups is 2. The number of hydrogen-bond donors (Lipinski definition) is 0. The van der Waals surface area contributed by atoms with E-state index in [-0.39, 0.29) is 9.23 Å². The van der Waals surface area contributed by atoms with Gasteiger partial charge in [-0.1, -0.05) is 0 Å². The van der Waals surface area contributed by atoms with Crippen molar-refractivity contribution in [1.29, 1.82) is 0 Å². The molecule has 2 rings (SSSR count). The Balaban J connectivity index is 2.46. The van der Waals surface area contributed by atoms with E-state index in [9.17, 15) is 9.59 Å². The molecule has 0 fully saturated rings. The minimum absolute atomic E-state index is 0.106. The summed E-state index contributed by atoms with van der Waals surface area (Å²) in [5, 5.41) is 1.38. The molecule has 0 N–H and O–H groups in total. The summed E-state index contributed by atoms with van der Waals surface area (Å²) in [6, 6.07) is 18.5. The van der Waals surface area contributed by atoms with Gasteiger partial charge in [0.25, 0.3) is 0 Å². The van der Waals surface area contributed by atoms with E-state index in [1.807, 2.05) is 74.5 Å². The first-order valence-electron chi connectivity index (χ1n) is 7.35.